The smallest absolute Gasteiger partial charge is 0.231 e. The van der Waals surface area contributed by atoms with Crippen LogP contribution in [0.15, 0.2) is 18.2 Å². The maximum atomic E-state index is 12.3. The van der Waals surface area contributed by atoms with Gasteiger partial charge in [-0.25, -0.2) is 0 Å². The van der Waals surface area contributed by atoms with E-state index in [0.29, 0.717) is 23.0 Å². The molecule has 0 spiro atoms. The van der Waals surface area contributed by atoms with Crippen molar-refractivity contribution in [2.45, 2.75) is 39.2 Å². The van der Waals surface area contributed by atoms with Crippen LogP contribution in [-0.4, -0.2) is 18.6 Å². The molecule has 1 fully saturated rings. The number of hydrogen-bond donors (Lipinski definition) is 2. The summed E-state index contributed by atoms with van der Waals surface area (Å²) < 4.78 is 5.56. The van der Waals surface area contributed by atoms with E-state index in [1.807, 2.05) is 13.8 Å². The minimum atomic E-state index is -0.389. The molecule has 1 amide bonds. The molecule has 5 heteroatoms. The van der Waals surface area contributed by atoms with Crippen molar-refractivity contribution in [3.05, 3.63) is 23.2 Å². The summed E-state index contributed by atoms with van der Waals surface area (Å²) in [5, 5.41) is 3.39. The number of ether oxygens (including phenoxy) is 1. The van der Waals surface area contributed by atoms with Gasteiger partial charge in [0.2, 0.25) is 5.91 Å². The second-order valence-electron chi connectivity index (χ2n) is 5.60. The lowest BCUT2D eigenvalue weighted by Gasteiger charge is -2.39. The Bertz CT molecular complexity index is 493. The maximum Gasteiger partial charge on any atom is 0.231 e. The Balaban J connectivity index is 2.07. The Labute approximate surface area is 124 Å². The quantitative estimate of drug-likeness (QED) is 0.877. The van der Waals surface area contributed by atoms with Gasteiger partial charge in [-0.1, -0.05) is 18.0 Å². The van der Waals surface area contributed by atoms with E-state index in [9.17, 15) is 4.79 Å². The van der Waals surface area contributed by atoms with Gasteiger partial charge >= 0.3 is 0 Å². The molecule has 1 aliphatic rings. The van der Waals surface area contributed by atoms with E-state index in [4.69, 9.17) is 22.1 Å². The van der Waals surface area contributed by atoms with Crippen LogP contribution in [0.25, 0.3) is 0 Å². The van der Waals surface area contributed by atoms with Gasteiger partial charge in [0.15, 0.2) is 0 Å². The molecular formula is C15H21ClN2O2. The summed E-state index contributed by atoms with van der Waals surface area (Å²) in [7, 11) is 0. The van der Waals surface area contributed by atoms with E-state index in [1.54, 1.807) is 18.2 Å². The number of nitrogens with one attached hydrogen (secondary N) is 1. The first kappa shape index (κ1) is 15.1. The Morgan fingerprint density at radius 2 is 2.20 bits per heavy atom. The lowest BCUT2D eigenvalue weighted by molar-refractivity contribution is -0.129. The van der Waals surface area contributed by atoms with Gasteiger partial charge in [0.05, 0.1) is 16.5 Å². The highest BCUT2D eigenvalue weighted by atomic mass is 35.5. The van der Waals surface area contributed by atoms with Crippen molar-refractivity contribution in [1.29, 1.82) is 0 Å². The molecule has 3 N–H and O–H groups in total. The van der Waals surface area contributed by atoms with E-state index < -0.39 is 0 Å². The van der Waals surface area contributed by atoms with E-state index in [-0.39, 0.29) is 17.4 Å². The normalized spacial score (nSPS) is 16.6. The lowest BCUT2D eigenvalue weighted by atomic mass is 9.68. The van der Waals surface area contributed by atoms with E-state index in [1.165, 1.54) is 0 Å². The van der Waals surface area contributed by atoms with Crippen molar-refractivity contribution in [2.75, 3.05) is 11.9 Å². The standard InChI is InChI=1S/C15H21ClN2O2/c1-10(2)20-13-5-4-11(8-12(13)16)18-14(19)15(9-17)6-3-7-15/h4-5,8,10H,3,6-7,9,17H2,1-2H3,(H,18,19). The molecule has 20 heavy (non-hydrogen) atoms. The van der Waals surface area contributed by atoms with Crippen molar-refractivity contribution < 1.29 is 9.53 Å². The summed E-state index contributed by atoms with van der Waals surface area (Å²) in [6.07, 6.45) is 2.84. The van der Waals surface area contributed by atoms with Crippen LogP contribution in [-0.2, 0) is 4.79 Å². The summed E-state index contributed by atoms with van der Waals surface area (Å²) in [6, 6.07) is 5.28. The third kappa shape index (κ3) is 3.07. The number of nitrogens with two attached hydrogens (primary N) is 1. The van der Waals surface area contributed by atoms with Gasteiger partial charge in [-0.15, -0.1) is 0 Å². The number of hydrogen-bond acceptors (Lipinski definition) is 3. The lowest BCUT2D eigenvalue weighted by Crippen LogP contribution is -2.47. The molecule has 0 bridgehead atoms. The van der Waals surface area contributed by atoms with Crippen molar-refractivity contribution in [3.8, 4) is 5.75 Å². The molecule has 0 atom stereocenters. The fraction of sp³-hybridized carbons (Fsp3) is 0.533. The summed E-state index contributed by atoms with van der Waals surface area (Å²) in [6.45, 7) is 4.27. The predicted molar refractivity (Wildman–Crippen MR) is 81.2 cm³/mol. The van der Waals surface area contributed by atoms with Crippen LogP contribution in [0.2, 0.25) is 5.02 Å². The number of carbonyl (C=O) groups is 1. The van der Waals surface area contributed by atoms with Gasteiger partial charge in [-0.3, -0.25) is 4.79 Å². The Kier molecular flexibility index (Phi) is 4.55. The van der Waals surface area contributed by atoms with Gasteiger partial charge in [-0.05, 0) is 44.9 Å². The van der Waals surface area contributed by atoms with Crippen molar-refractivity contribution in [2.24, 2.45) is 11.1 Å². The summed E-state index contributed by atoms with van der Waals surface area (Å²) in [5.41, 5.74) is 6.01. The minimum absolute atomic E-state index is 0.0140. The minimum Gasteiger partial charge on any atom is -0.489 e. The molecule has 1 aliphatic carbocycles. The molecule has 1 aromatic carbocycles. The molecule has 0 aliphatic heterocycles. The van der Waals surface area contributed by atoms with Gasteiger partial charge in [-0.2, -0.15) is 0 Å². The van der Waals surface area contributed by atoms with Crippen LogP contribution < -0.4 is 15.8 Å². The van der Waals surface area contributed by atoms with Crippen LogP contribution in [0.4, 0.5) is 5.69 Å². The van der Waals surface area contributed by atoms with Gasteiger partial charge in [0, 0.05) is 12.2 Å². The Hall–Kier alpha value is -1.26. The number of benzene rings is 1. The zero-order valence-corrected chi connectivity index (χ0v) is 12.7. The second kappa shape index (κ2) is 6.02. The fourth-order valence-electron chi connectivity index (χ4n) is 2.32. The van der Waals surface area contributed by atoms with Crippen molar-refractivity contribution >= 4 is 23.2 Å². The third-order valence-electron chi connectivity index (χ3n) is 3.74. The highest BCUT2D eigenvalue weighted by molar-refractivity contribution is 6.32. The average Bonchev–Trinajstić information content (AvgIpc) is 2.31. The molecule has 110 valence electrons. The molecule has 2 rings (SSSR count). The van der Waals surface area contributed by atoms with Crippen molar-refractivity contribution in [3.63, 3.8) is 0 Å². The number of halogens is 1. The van der Waals surface area contributed by atoms with Crippen LogP contribution in [0.5, 0.6) is 5.75 Å². The number of rotatable bonds is 5. The number of amides is 1. The predicted octanol–water partition coefficient (Wildman–Crippen LogP) is 3.19. The highest BCUT2D eigenvalue weighted by Crippen LogP contribution is 2.41. The summed E-state index contributed by atoms with van der Waals surface area (Å²) in [4.78, 5) is 12.3. The van der Waals surface area contributed by atoms with Gasteiger partial charge in [0.1, 0.15) is 5.75 Å². The summed E-state index contributed by atoms with van der Waals surface area (Å²) >= 11 is 6.15. The van der Waals surface area contributed by atoms with E-state index >= 15 is 0 Å². The molecule has 0 radical (unpaired) electrons. The highest BCUT2D eigenvalue weighted by Gasteiger charge is 2.42. The van der Waals surface area contributed by atoms with Crippen molar-refractivity contribution in [1.82, 2.24) is 0 Å². The third-order valence-corrected chi connectivity index (χ3v) is 4.03. The van der Waals surface area contributed by atoms with Crippen LogP contribution in [0, 0.1) is 5.41 Å². The summed E-state index contributed by atoms with van der Waals surface area (Å²) in [5.74, 6) is 0.608. The molecule has 1 aromatic rings. The van der Waals surface area contributed by atoms with Gasteiger partial charge in [0.25, 0.3) is 0 Å². The first-order valence-electron chi connectivity index (χ1n) is 6.94. The molecule has 0 heterocycles. The SMILES string of the molecule is CC(C)Oc1ccc(NC(=O)C2(CN)CCC2)cc1Cl. The molecule has 4 nitrogen and oxygen atoms in total. The van der Waals surface area contributed by atoms with Crippen LogP contribution in [0.3, 0.4) is 0 Å². The monoisotopic (exact) mass is 296 g/mol. The van der Waals surface area contributed by atoms with Gasteiger partial charge < -0.3 is 15.8 Å². The van der Waals surface area contributed by atoms with E-state index in [0.717, 1.165) is 19.3 Å². The second-order valence-corrected chi connectivity index (χ2v) is 6.01. The topological polar surface area (TPSA) is 64.3 Å². The average molecular weight is 297 g/mol. The van der Waals surface area contributed by atoms with Crippen LogP contribution in [0.1, 0.15) is 33.1 Å². The fourth-order valence-corrected chi connectivity index (χ4v) is 2.54. The Morgan fingerprint density at radius 1 is 1.50 bits per heavy atom. The zero-order chi connectivity index (χ0) is 14.8. The molecule has 0 aromatic heterocycles. The molecule has 1 saturated carbocycles. The molecular weight excluding hydrogens is 276 g/mol. The number of anilines is 1. The largest absolute Gasteiger partial charge is 0.489 e. The zero-order valence-electron chi connectivity index (χ0n) is 11.9. The maximum absolute atomic E-state index is 12.3. The van der Waals surface area contributed by atoms with Crippen LogP contribution >= 0.6 is 11.6 Å². The first-order chi connectivity index (χ1) is 9.47. The van der Waals surface area contributed by atoms with E-state index in [2.05, 4.69) is 5.32 Å². The number of carbonyl (C=O) groups excluding carboxylic acids is 1. The Morgan fingerprint density at radius 3 is 2.65 bits per heavy atom. The molecule has 0 unspecified atom stereocenters. The molecule has 0 saturated heterocycles. The first-order valence-corrected chi connectivity index (χ1v) is 7.32.